The average molecular weight is 249 g/mol. The van der Waals surface area contributed by atoms with Crippen molar-refractivity contribution in [1.29, 1.82) is 0 Å². The number of nitrogens with zero attached hydrogens (tertiary/aromatic N) is 3. The number of benzene rings is 1. The molecule has 1 aromatic heterocycles. The first-order valence-corrected chi connectivity index (χ1v) is 5.89. The van der Waals surface area contributed by atoms with Crippen molar-refractivity contribution in [2.75, 3.05) is 4.90 Å². The van der Waals surface area contributed by atoms with Gasteiger partial charge in [0, 0.05) is 18.0 Å². The average Bonchev–Trinajstić information content (AvgIpc) is 2.67. The summed E-state index contributed by atoms with van der Waals surface area (Å²) in [4.78, 5) is 21.6. The number of anilines is 2. The second kappa shape index (κ2) is 4.86. The van der Waals surface area contributed by atoms with Gasteiger partial charge < -0.3 is 0 Å². The highest BCUT2D eigenvalue weighted by atomic mass is 16.1. The molecule has 3 rings (SSSR count). The third-order valence-corrected chi connectivity index (χ3v) is 2.86. The lowest BCUT2D eigenvalue weighted by molar-refractivity contribution is -0.104. The van der Waals surface area contributed by atoms with E-state index in [4.69, 9.17) is 0 Å². The molecular weight excluding hydrogens is 238 g/mol. The number of hydrogen-bond acceptors (Lipinski definition) is 4. The van der Waals surface area contributed by atoms with Gasteiger partial charge in [0.25, 0.3) is 0 Å². The number of rotatable bonds is 2. The molecule has 0 unspecified atom stereocenters. The molecule has 0 aliphatic carbocycles. The van der Waals surface area contributed by atoms with Crippen molar-refractivity contribution in [2.45, 2.75) is 0 Å². The minimum atomic E-state index is 0.458. The van der Waals surface area contributed by atoms with Crippen molar-refractivity contribution in [3.63, 3.8) is 0 Å². The molecule has 4 nitrogen and oxygen atoms in total. The molecular formula is C15H11N3O. The molecule has 0 atom stereocenters. The van der Waals surface area contributed by atoms with E-state index in [0.717, 1.165) is 17.5 Å². The third-order valence-electron chi connectivity index (χ3n) is 2.86. The second-order valence-electron chi connectivity index (χ2n) is 4.03. The van der Waals surface area contributed by atoms with Gasteiger partial charge in [-0.3, -0.25) is 14.7 Å². The number of para-hydroxylation sites is 1. The maximum atomic E-state index is 11.3. The molecule has 0 fully saturated rings. The molecule has 0 spiro atoms. The molecule has 19 heavy (non-hydrogen) atoms. The Morgan fingerprint density at radius 3 is 2.68 bits per heavy atom. The third kappa shape index (κ3) is 2.04. The number of aromatic nitrogens is 1. The Morgan fingerprint density at radius 1 is 1.05 bits per heavy atom. The highest BCUT2D eigenvalue weighted by Crippen LogP contribution is 2.31. The Hall–Kier alpha value is -2.75. The fourth-order valence-electron chi connectivity index (χ4n) is 2.02. The number of carbonyl (C=O) groups excluding carboxylic acids is 1. The Kier molecular flexibility index (Phi) is 2.90. The van der Waals surface area contributed by atoms with Crippen molar-refractivity contribution < 1.29 is 4.79 Å². The first kappa shape index (κ1) is 11.3. The smallest absolute Gasteiger partial charge is 0.168 e. The number of hydrogen-bond donors (Lipinski definition) is 0. The van der Waals surface area contributed by atoms with Crippen molar-refractivity contribution in [3.8, 4) is 0 Å². The predicted molar refractivity (Wildman–Crippen MR) is 74.6 cm³/mol. The summed E-state index contributed by atoms with van der Waals surface area (Å²) in [6.45, 7) is 0. The van der Waals surface area contributed by atoms with Crippen LogP contribution in [0.1, 0.15) is 5.56 Å². The SMILES string of the molecule is O=CC1=CN=Cc2ccccc2N1c1ccccn1. The van der Waals surface area contributed by atoms with Gasteiger partial charge in [-0.05, 0) is 18.2 Å². The van der Waals surface area contributed by atoms with Crippen LogP contribution < -0.4 is 4.90 Å². The van der Waals surface area contributed by atoms with Crippen LogP contribution >= 0.6 is 0 Å². The molecule has 0 saturated carbocycles. The van der Waals surface area contributed by atoms with Crippen LogP contribution in [0.25, 0.3) is 0 Å². The summed E-state index contributed by atoms with van der Waals surface area (Å²) < 4.78 is 0. The van der Waals surface area contributed by atoms with Gasteiger partial charge in [0.1, 0.15) is 11.5 Å². The van der Waals surface area contributed by atoms with Gasteiger partial charge >= 0.3 is 0 Å². The van der Waals surface area contributed by atoms with Crippen LogP contribution in [-0.2, 0) is 4.79 Å². The monoisotopic (exact) mass is 249 g/mol. The lowest BCUT2D eigenvalue weighted by atomic mass is 10.1. The number of fused-ring (bicyclic) bond motifs is 1. The molecule has 1 aliphatic heterocycles. The van der Waals surface area contributed by atoms with E-state index in [0.29, 0.717) is 11.5 Å². The van der Waals surface area contributed by atoms with E-state index in [2.05, 4.69) is 9.98 Å². The summed E-state index contributed by atoms with van der Waals surface area (Å²) in [7, 11) is 0. The molecule has 0 N–H and O–H groups in total. The highest BCUT2D eigenvalue weighted by Gasteiger charge is 2.19. The van der Waals surface area contributed by atoms with Crippen LogP contribution in [0, 0.1) is 0 Å². The quantitative estimate of drug-likeness (QED) is 0.769. The zero-order chi connectivity index (χ0) is 13.1. The maximum Gasteiger partial charge on any atom is 0.168 e. The van der Waals surface area contributed by atoms with Crippen LogP contribution in [-0.4, -0.2) is 17.5 Å². The van der Waals surface area contributed by atoms with E-state index in [1.165, 1.54) is 0 Å². The minimum absolute atomic E-state index is 0.458. The van der Waals surface area contributed by atoms with Gasteiger partial charge in [-0.25, -0.2) is 4.98 Å². The summed E-state index contributed by atoms with van der Waals surface area (Å²) in [6, 6.07) is 13.4. The highest BCUT2D eigenvalue weighted by molar-refractivity contribution is 5.96. The summed E-state index contributed by atoms with van der Waals surface area (Å²) in [5.41, 5.74) is 2.29. The standard InChI is InChI=1S/C15H11N3O/c19-11-13-10-16-9-12-5-1-2-6-14(12)18(13)15-7-3-4-8-17-15/h1-11H. The Morgan fingerprint density at radius 2 is 1.89 bits per heavy atom. The lowest BCUT2D eigenvalue weighted by Gasteiger charge is -2.23. The van der Waals surface area contributed by atoms with Gasteiger partial charge in [0.05, 0.1) is 11.9 Å². The van der Waals surface area contributed by atoms with Gasteiger partial charge in [-0.1, -0.05) is 24.3 Å². The van der Waals surface area contributed by atoms with Crippen molar-refractivity contribution in [2.24, 2.45) is 4.99 Å². The minimum Gasteiger partial charge on any atom is -0.296 e. The van der Waals surface area contributed by atoms with Crippen LogP contribution in [0.3, 0.4) is 0 Å². The maximum absolute atomic E-state index is 11.3. The summed E-state index contributed by atoms with van der Waals surface area (Å²) in [5, 5.41) is 0. The zero-order valence-corrected chi connectivity index (χ0v) is 10.1. The largest absolute Gasteiger partial charge is 0.296 e. The topological polar surface area (TPSA) is 45.6 Å². The summed E-state index contributed by atoms with van der Waals surface area (Å²) in [6.07, 6.45) is 5.77. The number of aldehydes is 1. The Balaban J connectivity index is 2.22. The summed E-state index contributed by atoms with van der Waals surface area (Å²) >= 11 is 0. The number of pyridine rings is 1. The normalized spacial score (nSPS) is 13.5. The van der Waals surface area contributed by atoms with Crippen molar-refractivity contribution >= 4 is 24.0 Å². The molecule has 2 aromatic rings. The fraction of sp³-hybridized carbons (Fsp3) is 0. The van der Waals surface area contributed by atoms with Gasteiger partial charge in [-0.2, -0.15) is 0 Å². The molecule has 4 heteroatoms. The van der Waals surface area contributed by atoms with Crippen LogP contribution in [0.15, 0.2) is 65.6 Å². The molecule has 92 valence electrons. The number of carbonyl (C=O) groups is 1. The molecule has 1 aliphatic rings. The van der Waals surface area contributed by atoms with Gasteiger partial charge in [0.2, 0.25) is 0 Å². The fourth-order valence-corrected chi connectivity index (χ4v) is 2.02. The van der Waals surface area contributed by atoms with E-state index >= 15 is 0 Å². The Labute approximate surface area is 110 Å². The molecule has 0 amide bonds. The number of allylic oxidation sites excluding steroid dienone is 1. The van der Waals surface area contributed by atoms with Crippen LogP contribution in [0.5, 0.6) is 0 Å². The van der Waals surface area contributed by atoms with Crippen molar-refractivity contribution in [3.05, 3.63) is 66.1 Å². The zero-order valence-electron chi connectivity index (χ0n) is 10.1. The van der Waals surface area contributed by atoms with E-state index in [1.807, 2.05) is 42.5 Å². The molecule has 1 aromatic carbocycles. The van der Waals surface area contributed by atoms with Gasteiger partial charge in [0.15, 0.2) is 6.29 Å². The van der Waals surface area contributed by atoms with E-state index in [1.54, 1.807) is 23.5 Å². The lowest BCUT2D eigenvalue weighted by Crippen LogP contribution is -2.18. The molecule has 0 radical (unpaired) electrons. The van der Waals surface area contributed by atoms with Crippen molar-refractivity contribution in [1.82, 2.24) is 4.98 Å². The number of aliphatic imine (C=N–C) groups is 1. The first-order valence-electron chi connectivity index (χ1n) is 5.89. The second-order valence-corrected chi connectivity index (χ2v) is 4.03. The van der Waals surface area contributed by atoms with E-state index in [-0.39, 0.29) is 0 Å². The molecule has 2 heterocycles. The molecule has 0 saturated heterocycles. The van der Waals surface area contributed by atoms with E-state index in [9.17, 15) is 4.79 Å². The van der Waals surface area contributed by atoms with E-state index < -0.39 is 0 Å². The molecule has 0 bridgehead atoms. The Bertz CT molecular complexity index is 662. The first-order chi connectivity index (χ1) is 9.40. The predicted octanol–water partition coefficient (Wildman–Crippen LogP) is 2.69. The van der Waals surface area contributed by atoms with Crippen LogP contribution in [0.4, 0.5) is 11.5 Å². The summed E-state index contributed by atoms with van der Waals surface area (Å²) in [5.74, 6) is 0.693. The van der Waals surface area contributed by atoms with Crippen LogP contribution in [0.2, 0.25) is 0 Å². The van der Waals surface area contributed by atoms with Gasteiger partial charge in [-0.15, -0.1) is 0 Å².